The zero-order valence-electron chi connectivity index (χ0n) is 18.7. The lowest BCUT2D eigenvalue weighted by molar-refractivity contribution is -0.127. The first-order valence-electron chi connectivity index (χ1n) is 11.6. The second-order valence-electron chi connectivity index (χ2n) is 8.75. The van der Waals surface area contributed by atoms with Crippen molar-refractivity contribution < 1.29 is 9.90 Å². The second-order valence-corrected chi connectivity index (χ2v) is 8.75. The van der Waals surface area contributed by atoms with E-state index in [2.05, 4.69) is 31.2 Å². The molecular formula is C26H43NO2. The fourth-order valence-electron chi connectivity index (χ4n) is 3.77. The minimum atomic E-state index is -0.464. The fourth-order valence-corrected chi connectivity index (χ4v) is 3.77. The molecule has 0 saturated heterocycles. The van der Waals surface area contributed by atoms with Gasteiger partial charge in [0, 0.05) is 0 Å². The summed E-state index contributed by atoms with van der Waals surface area (Å²) in [6.07, 6.45) is 17.9. The van der Waals surface area contributed by atoms with Gasteiger partial charge in [-0.15, -0.1) is 0 Å². The topological polar surface area (TPSA) is 63.3 Å². The summed E-state index contributed by atoms with van der Waals surface area (Å²) in [6.45, 7) is 4.21. The van der Waals surface area contributed by atoms with Gasteiger partial charge in [0.1, 0.15) is 0 Å². The molecular weight excluding hydrogens is 358 g/mol. The van der Waals surface area contributed by atoms with Gasteiger partial charge in [0.05, 0.1) is 11.5 Å². The van der Waals surface area contributed by atoms with Gasteiger partial charge >= 0.3 is 0 Å². The van der Waals surface area contributed by atoms with Gasteiger partial charge in [-0.2, -0.15) is 0 Å². The Kier molecular flexibility index (Phi) is 13.4. The molecule has 1 aromatic rings. The van der Waals surface area contributed by atoms with Crippen LogP contribution in [0.2, 0.25) is 0 Å². The van der Waals surface area contributed by atoms with Crippen LogP contribution in [0.1, 0.15) is 96.5 Å². The minimum Gasteiger partial charge on any atom is -0.393 e. The van der Waals surface area contributed by atoms with Crippen molar-refractivity contribution in [3.05, 3.63) is 48.0 Å². The highest BCUT2D eigenvalue weighted by Gasteiger charge is 2.30. The van der Waals surface area contributed by atoms with Crippen LogP contribution in [0.15, 0.2) is 42.5 Å². The van der Waals surface area contributed by atoms with Crippen LogP contribution in [-0.4, -0.2) is 17.1 Å². The fraction of sp³-hybridized carbons (Fsp3) is 0.654. The predicted octanol–water partition coefficient (Wildman–Crippen LogP) is 6.34. The number of carbonyl (C=O) groups is 1. The van der Waals surface area contributed by atoms with E-state index in [0.717, 1.165) is 51.4 Å². The smallest absolute Gasteiger partial charge is 0.223 e. The number of hydrogen-bond donors (Lipinski definition) is 2. The van der Waals surface area contributed by atoms with E-state index in [1.807, 2.05) is 25.1 Å². The number of aliphatic hydroxyl groups is 1. The maximum absolute atomic E-state index is 12.0. The molecule has 2 atom stereocenters. The Morgan fingerprint density at radius 2 is 1.72 bits per heavy atom. The van der Waals surface area contributed by atoms with Gasteiger partial charge < -0.3 is 10.8 Å². The van der Waals surface area contributed by atoms with E-state index in [0.29, 0.717) is 6.42 Å². The molecule has 0 aliphatic heterocycles. The minimum absolute atomic E-state index is 0.181. The Labute approximate surface area is 178 Å². The number of rotatable bonds is 17. The lowest BCUT2D eigenvalue weighted by atomic mass is 9.78. The molecule has 3 nitrogen and oxygen atoms in total. The normalized spacial score (nSPS) is 14.7. The maximum atomic E-state index is 12.0. The van der Waals surface area contributed by atoms with Crippen molar-refractivity contribution in [2.45, 2.75) is 103 Å². The van der Waals surface area contributed by atoms with Crippen LogP contribution in [0, 0.1) is 5.41 Å². The molecule has 0 aliphatic carbocycles. The first-order valence-corrected chi connectivity index (χ1v) is 11.6. The number of primary amides is 1. The van der Waals surface area contributed by atoms with Gasteiger partial charge in [0.15, 0.2) is 0 Å². The SMILES string of the molecule is CCCCCC[C@@H](O)C/C=C\CCCCCC[C@@](C)(Cc1ccccc1)C(N)=O. The third-order valence-electron chi connectivity index (χ3n) is 5.85. The molecule has 0 aromatic heterocycles. The monoisotopic (exact) mass is 401 g/mol. The van der Waals surface area contributed by atoms with Crippen molar-refractivity contribution in [2.75, 3.05) is 0 Å². The molecule has 3 N–H and O–H groups in total. The Morgan fingerprint density at radius 1 is 1.03 bits per heavy atom. The van der Waals surface area contributed by atoms with Gasteiger partial charge in [-0.1, -0.05) is 101 Å². The molecule has 0 heterocycles. The Morgan fingerprint density at radius 3 is 2.41 bits per heavy atom. The molecule has 1 rings (SSSR count). The number of nitrogens with two attached hydrogens (primary N) is 1. The number of hydrogen-bond acceptors (Lipinski definition) is 2. The van der Waals surface area contributed by atoms with E-state index in [1.165, 1.54) is 31.2 Å². The largest absolute Gasteiger partial charge is 0.393 e. The lowest BCUT2D eigenvalue weighted by Gasteiger charge is -2.26. The zero-order chi connectivity index (χ0) is 21.4. The second kappa shape index (κ2) is 15.3. The average Bonchev–Trinajstić information content (AvgIpc) is 2.70. The van der Waals surface area contributed by atoms with Crippen molar-refractivity contribution in [3.8, 4) is 0 Å². The zero-order valence-corrected chi connectivity index (χ0v) is 18.7. The van der Waals surface area contributed by atoms with Crippen LogP contribution in [0.25, 0.3) is 0 Å². The summed E-state index contributed by atoms with van der Waals surface area (Å²) >= 11 is 0. The lowest BCUT2D eigenvalue weighted by Crippen LogP contribution is -2.36. The van der Waals surface area contributed by atoms with Crippen LogP contribution in [-0.2, 0) is 11.2 Å². The van der Waals surface area contributed by atoms with Crippen LogP contribution in [0.3, 0.4) is 0 Å². The van der Waals surface area contributed by atoms with E-state index in [4.69, 9.17) is 5.73 Å². The molecule has 0 unspecified atom stereocenters. The highest BCUT2D eigenvalue weighted by molar-refractivity contribution is 5.80. The van der Waals surface area contributed by atoms with Crippen LogP contribution >= 0.6 is 0 Å². The average molecular weight is 402 g/mol. The predicted molar refractivity (Wildman–Crippen MR) is 124 cm³/mol. The first-order chi connectivity index (χ1) is 14.0. The number of unbranched alkanes of at least 4 members (excludes halogenated alkanes) is 7. The molecule has 0 fully saturated rings. The van der Waals surface area contributed by atoms with Crippen molar-refractivity contribution in [3.63, 3.8) is 0 Å². The van der Waals surface area contributed by atoms with Crippen LogP contribution < -0.4 is 5.73 Å². The molecule has 1 amide bonds. The molecule has 0 spiro atoms. The molecule has 1 aromatic carbocycles. The number of amides is 1. The Balaban J connectivity index is 2.13. The van der Waals surface area contributed by atoms with Crippen molar-refractivity contribution in [2.24, 2.45) is 11.1 Å². The molecule has 0 saturated carbocycles. The highest BCUT2D eigenvalue weighted by atomic mass is 16.3. The molecule has 0 aliphatic rings. The van der Waals surface area contributed by atoms with Gasteiger partial charge in [0.25, 0.3) is 0 Å². The summed E-state index contributed by atoms with van der Waals surface area (Å²) in [5, 5.41) is 9.96. The van der Waals surface area contributed by atoms with E-state index in [1.54, 1.807) is 0 Å². The summed E-state index contributed by atoms with van der Waals surface area (Å²) in [4.78, 5) is 12.0. The number of aliphatic hydroxyl groups excluding tert-OH is 1. The first kappa shape index (κ1) is 25.4. The van der Waals surface area contributed by atoms with Gasteiger partial charge in [-0.05, 0) is 44.1 Å². The third kappa shape index (κ3) is 11.9. The number of benzene rings is 1. The van der Waals surface area contributed by atoms with E-state index in [9.17, 15) is 9.90 Å². The summed E-state index contributed by atoms with van der Waals surface area (Å²) in [6, 6.07) is 10.1. The van der Waals surface area contributed by atoms with Crippen LogP contribution in [0.5, 0.6) is 0 Å². The Bertz CT molecular complexity index is 569. The molecule has 0 bridgehead atoms. The highest BCUT2D eigenvalue weighted by Crippen LogP contribution is 2.29. The summed E-state index contributed by atoms with van der Waals surface area (Å²) in [7, 11) is 0. The number of allylic oxidation sites excluding steroid dienone is 1. The summed E-state index contributed by atoms with van der Waals surface area (Å²) in [5.74, 6) is -0.197. The molecule has 0 radical (unpaired) electrons. The Hall–Kier alpha value is -1.61. The van der Waals surface area contributed by atoms with Crippen molar-refractivity contribution in [1.29, 1.82) is 0 Å². The van der Waals surface area contributed by atoms with Gasteiger partial charge in [-0.25, -0.2) is 0 Å². The van der Waals surface area contributed by atoms with E-state index >= 15 is 0 Å². The van der Waals surface area contributed by atoms with E-state index in [-0.39, 0.29) is 12.0 Å². The standard InChI is InChI=1S/C26H43NO2/c1-3-4-5-14-19-24(28)20-15-9-7-6-8-10-16-21-26(2,25(27)29)22-23-17-12-11-13-18-23/h9,11-13,15,17-18,24,28H,3-8,10,14,16,19-22H2,1-2H3,(H2,27,29)/b15-9-/t24-,26+/m1/s1. The summed E-state index contributed by atoms with van der Waals surface area (Å²) < 4.78 is 0. The number of carbonyl (C=O) groups excluding carboxylic acids is 1. The molecule has 29 heavy (non-hydrogen) atoms. The van der Waals surface area contributed by atoms with E-state index < -0.39 is 5.41 Å². The molecule has 164 valence electrons. The van der Waals surface area contributed by atoms with Gasteiger partial charge in [0.2, 0.25) is 5.91 Å². The third-order valence-corrected chi connectivity index (χ3v) is 5.85. The van der Waals surface area contributed by atoms with Crippen LogP contribution in [0.4, 0.5) is 0 Å². The van der Waals surface area contributed by atoms with Crippen molar-refractivity contribution >= 4 is 5.91 Å². The quantitative estimate of drug-likeness (QED) is 0.236. The maximum Gasteiger partial charge on any atom is 0.223 e. The van der Waals surface area contributed by atoms with Crippen molar-refractivity contribution in [1.82, 2.24) is 0 Å². The summed E-state index contributed by atoms with van der Waals surface area (Å²) in [5.41, 5.74) is 6.42. The van der Waals surface area contributed by atoms with Gasteiger partial charge in [-0.3, -0.25) is 4.79 Å². The molecule has 3 heteroatoms.